The molecule has 0 amide bonds. The van der Waals surface area contributed by atoms with Crippen molar-refractivity contribution in [1.82, 2.24) is 9.97 Å². The summed E-state index contributed by atoms with van der Waals surface area (Å²) in [5.41, 5.74) is 2.40. The van der Waals surface area contributed by atoms with Gasteiger partial charge in [0.2, 0.25) is 0 Å². The summed E-state index contributed by atoms with van der Waals surface area (Å²) < 4.78 is 0. The monoisotopic (exact) mass is 261 g/mol. The maximum absolute atomic E-state index is 11.2. The molecule has 1 aromatic heterocycles. The normalized spacial score (nSPS) is 26.3. The second-order valence-electron chi connectivity index (χ2n) is 5.50. The molecule has 0 bridgehead atoms. The summed E-state index contributed by atoms with van der Waals surface area (Å²) in [5.74, 6) is -0.00641. The van der Waals surface area contributed by atoms with Crippen LogP contribution in [0.3, 0.4) is 0 Å². The number of hydrogen-bond acceptors (Lipinski definition) is 4. The average Bonchev–Trinajstić information content (AvgIpc) is 2.80. The van der Waals surface area contributed by atoms with Gasteiger partial charge in [0.1, 0.15) is 12.1 Å². The number of carboxylic acids is 1. The van der Waals surface area contributed by atoms with Crippen molar-refractivity contribution < 1.29 is 9.90 Å². The fourth-order valence-corrected chi connectivity index (χ4v) is 3.32. The van der Waals surface area contributed by atoms with Gasteiger partial charge in [0.25, 0.3) is 0 Å². The molecule has 2 unspecified atom stereocenters. The molecule has 0 aromatic carbocycles. The van der Waals surface area contributed by atoms with Crippen molar-refractivity contribution in [3.05, 3.63) is 17.6 Å². The Hall–Kier alpha value is -1.65. The largest absolute Gasteiger partial charge is 0.481 e. The number of aryl methyl sites for hydroxylation is 1. The van der Waals surface area contributed by atoms with Crippen LogP contribution in [0.2, 0.25) is 0 Å². The summed E-state index contributed by atoms with van der Waals surface area (Å²) in [5, 5.41) is 9.23. The van der Waals surface area contributed by atoms with Crippen LogP contribution < -0.4 is 4.90 Å². The van der Waals surface area contributed by atoms with Crippen molar-refractivity contribution in [1.29, 1.82) is 0 Å². The highest BCUT2D eigenvalue weighted by atomic mass is 16.4. The van der Waals surface area contributed by atoms with E-state index in [-0.39, 0.29) is 12.0 Å². The summed E-state index contributed by atoms with van der Waals surface area (Å²) in [6, 6.07) is 0.0124. The van der Waals surface area contributed by atoms with Crippen molar-refractivity contribution in [3.8, 4) is 0 Å². The van der Waals surface area contributed by atoms with Gasteiger partial charge in [-0.15, -0.1) is 0 Å². The molecule has 19 heavy (non-hydrogen) atoms. The summed E-state index contributed by atoms with van der Waals surface area (Å²) in [6.07, 6.45) is 6.74. The van der Waals surface area contributed by atoms with E-state index >= 15 is 0 Å². The molecule has 1 N–H and O–H groups in total. The number of hydrogen-bond donors (Lipinski definition) is 1. The Balaban J connectivity index is 1.93. The lowest BCUT2D eigenvalue weighted by Crippen LogP contribution is -2.34. The highest BCUT2D eigenvalue weighted by molar-refractivity contribution is 5.73. The molecule has 0 spiro atoms. The quantitative estimate of drug-likeness (QED) is 0.877. The maximum atomic E-state index is 11.2. The minimum Gasteiger partial charge on any atom is -0.481 e. The summed E-state index contributed by atoms with van der Waals surface area (Å²) >= 11 is 0. The molecule has 102 valence electrons. The number of carbonyl (C=O) groups is 1. The van der Waals surface area contributed by atoms with Gasteiger partial charge in [-0.2, -0.15) is 0 Å². The minimum absolute atomic E-state index is 0.0124. The minimum atomic E-state index is -0.696. The first-order valence-corrected chi connectivity index (χ1v) is 7.00. The van der Waals surface area contributed by atoms with E-state index in [1.165, 1.54) is 18.4 Å². The molecule has 1 aliphatic carbocycles. The molecular formula is C14H19N3O2. The number of rotatable bonds is 2. The molecule has 0 radical (unpaired) electrons. The van der Waals surface area contributed by atoms with E-state index in [1.807, 2.05) is 6.92 Å². The molecule has 0 saturated carbocycles. The van der Waals surface area contributed by atoms with E-state index in [0.29, 0.717) is 6.42 Å². The van der Waals surface area contributed by atoms with Gasteiger partial charge < -0.3 is 10.0 Å². The zero-order chi connectivity index (χ0) is 13.4. The van der Waals surface area contributed by atoms with E-state index in [0.717, 1.165) is 30.9 Å². The number of carboxylic acid groups (broad SMARTS) is 1. The third-order valence-electron chi connectivity index (χ3n) is 4.45. The second-order valence-corrected chi connectivity index (χ2v) is 5.50. The third-order valence-corrected chi connectivity index (χ3v) is 4.45. The van der Waals surface area contributed by atoms with Crippen molar-refractivity contribution in [2.45, 2.75) is 45.1 Å². The second kappa shape index (κ2) is 4.79. The Bertz CT molecular complexity index is 503. The number of fused-ring (bicyclic) bond motifs is 1. The molecule has 1 fully saturated rings. The van der Waals surface area contributed by atoms with Gasteiger partial charge in [-0.1, -0.05) is 0 Å². The lowest BCUT2D eigenvalue weighted by Gasteiger charge is -2.28. The fourth-order valence-electron chi connectivity index (χ4n) is 3.32. The Labute approximate surface area is 112 Å². The van der Waals surface area contributed by atoms with Gasteiger partial charge in [0.15, 0.2) is 0 Å². The van der Waals surface area contributed by atoms with E-state index in [4.69, 9.17) is 0 Å². The molecular weight excluding hydrogens is 242 g/mol. The molecule has 2 aliphatic rings. The molecule has 1 saturated heterocycles. The Kier molecular flexibility index (Phi) is 3.12. The summed E-state index contributed by atoms with van der Waals surface area (Å²) in [4.78, 5) is 22.2. The molecule has 1 aliphatic heterocycles. The SMILES string of the molecule is CC1C(C(=O)O)CCN1c1ncnc2c1CCCC2. The Morgan fingerprint density at radius 3 is 2.89 bits per heavy atom. The van der Waals surface area contributed by atoms with E-state index < -0.39 is 5.97 Å². The average molecular weight is 261 g/mol. The molecule has 2 atom stereocenters. The van der Waals surface area contributed by atoms with Crippen LogP contribution in [0.15, 0.2) is 6.33 Å². The van der Waals surface area contributed by atoms with Crippen LogP contribution in [0, 0.1) is 5.92 Å². The van der Waals surface area contributed by atoms with E-state index in [9.17, 15) is 9.90 Å². The molecule has 1 aromatic rings. The van der Waals surface area contributed by atoms with Crippen molar-refractivity contribution in [3.63, 3.8) is 0 Å². The number of nitrogens with zero attached hydrogens (tertiary/aromatic N) is 3. The fraction of sp³-hybridized carbons (Fsp3) is 0.643. The van der Waals surface area contributed by atoms with Crippen LogP contribution in [0.5, 0.6) is 0 Å². The van der Waals surface area contributed by atoms with Gasteiger partial charge in [-0.25, -0.2) is 9.97 Å². The maximum Gasteiger partial charge on any atom is 0.308 e. The van der Waals surface area contributed by atoms with Crippen LogP contribution in [-0.2, 0) is 17.6 Å². The van der Waals surface area contributed by atoms with Gasteiger partial charge in [0.05, 0.1) is 5.92 Å². The first-order chi connectivity index (χ1) is 9.18. The van der Waals surface area contributed by atoms with E-state index in [1.54, 1.807) is 6.33 Å². The molecule has 5 nitrogen and oxygen atoms in total. The van der Waals surface area contributed by atoms with Crippen LogP contribution in [-0.4, -0.2) is 33.6 Å². The smallest absolute Gasteiger partial charge is 0.308 e. The van der Waals surface area contributed by atoms with Crippen molar-refractivity contribution in [2.75, 3.05) is 11.4 Å². The Morgan fingerprint density at radius 2 is 2.16 bits per heavy atom. The number of aliphatic carboxylic acids is 1. The zero-order valence-corrected chi connectivity index (χ0v) is 11.2. The topological polar surface area (TPSA) is 66.3 Å². The summed E-state index contributed by atoms with van der Waals surface area (Å²) in [7, 11) is 0. The van der Waals surface area contributed by atoms with Gasteiger partial charge in [-0.3, -0.25) is 4.79 Å². The predicted octanol–water partition coefficient (Wildman–Crippen LogP) is 1.65. The van der Waals surface area contributed by atoms with Crippen LogP contribution in [0.1, 0.15) is 37.4 Å². The van der Waals surface area contributed by atoms with Gasteiger partial charge >= 0.3 is 5.97 Å². The van der Waals surface area contributed by atoms with Crippen molar-refractivity contribution in [2.24, 2.45) is 5.92 Å². The summed E-state index contributed by atoms with van der Waals surface area (Å²) in [6.45, 7) is 2.77. The number of aromatic nitrogens is 2. The van der Waals surface area contributed by atoms with Gasteiger partial charge in [-0.05, 0) is 39.0 Å². The van der Waals surface area contributed by atoms with Gasteiger partial charge in [0, 0.05) is 23.8 Å². The molecule has 2 heterocycles. The van der Waals surface area contributed by atoms with E-state index in [2.05, 4.69) is 14.9 Å². The molecule has 3 rings (SSSR count). The van der Waals surface area contributed by atoms with Crippen LogP contribution >= 0.6 is 0 Å². The first-order valence-electron chi connectivity index (χ1n) is 7.00. The Morgan fingerprint density at radius 1 is 1.37 bits per heavy atom. The van der Waals surface area contributed by atoms with Crippen LogP contribution in [0.4, 0.5) is 5.82 Å². The highest BCUT2D eigenvalue weighted by Gasteiger charge is 2.37. The lowest BCUT2D eigenvalue weighted by molar-refractivity contribution is -0.141. The zero-order valence-electron chi connectivity index (χ0n) is 11.2. The van der Waals surface area contributed by atoms with Crippen LogP contribution in [0.25, 0.3) is 0 Å². The first kappa shape index (κ1) is 12.4. The predicted molar refractivity (Wildman–Crippen MR) is 71.2 cm³/mol. The molecule has 5 heteroatoms. The number of anilines is 1. The highest BCUT2D eigenvalue weighted by Crippen LogP contribution is 2.33. The standard InChI is InChI=1S/C14H19N3O2/c1-9-10(14(18)19)6-7-17(9)13-11-4-2-3-5-12(11)15-8-16-13/h8-10H,2-7H2,1H3,(H,18,19). The van der Waals surface area contributed by atoms with Crippen molar-refractivity contribution >= 4 is 11.8 Å². The third kappa shape index (κ3) is 2.07. The lowest BCUT2D eigenvalue weighted by atomic mass is 9.96.